The highest BCUT2D eigenvalue weighted by atomic mass is 19.4. The average Bonchev–Trinajstić information content (AvgIpc) is 3.19. The molecule has 1 fully saturated rings. The molecule has 0 atom stereocenters. The van der Waals surface area contributed by atoms with E-state index in [1.165, 1.54) is 11.6 Å². The summed E-state index contributed by atoms with van der Waals surface area (Å²) in [5.41, 5.74) is 1.60. The monoisotopic (exact) mass is 518 g/mol. The average molecular weight is 518 g/mol. The fraction of sp³-hybridized carbons (Fsp3) is 0.417. The number of nitrogens with zero attached hydrogens (tertiary/aromatic N) is 6. The molecular weight excluding hydrogens is 493 g/mol. The number of hydrogen-bond acceptors (Lipinski definition) is 7. The summed E-state index contributed by atoms with van der Waals surface area (Å²) in [6.45, 7) is 5.81. The van der Waals surface area contributed by atoms with Crippen molar-refractivity contribution in [1.82, 2.24) is 23.7 Å². The standard InChI is InChI=1S/C24H25F3N6O4/c1-5-6-7-32-18-19(28-22(32)30-8-10-31(11-9-30)37-21(35)24(25,26)27)33(23(36)29(4)20(18)34)17-13-15(2)12-16(3)14-17/h12-14H,7-11H2,1-4H3. The lowest BCUT2D eigenvalue weighted by atomic mass is 10.1. The van der Waals surface area contributed by atoms with E-state index in [9.17, 15) is 27.6 Å². The van der Waals surface area contributed by atoms with E-state index in [4.69, 9.17) is 0 Å². The molecule has 1 aliphatic rings. The number of alkyl halides is 3. The van der Waals surface area contributed by atoms with Crippen molar-refractivity contribution in [2.24, 2.45) is 7.05 Å². The van der Waals surface area contributed by atoms with Gasteiger partial charge in [0.15, 0.2) is 11.2 Å². The van der Waals surface area contributed by atoms with Crippen molar-refractivity contribution >= 4 is 23.1 Å². The Balaban J connectivity index is 1.82. The van der Waals surface area contributed by atoms with Gasteiger partial charge in [-0.25, -0.2) is 14.2 Å². The quantitative estimate of drug-likeness (QED) is 0.485. The molecule has 1 aliphatic heterocycles. The Morgan fingerprint density at radius 2 is 1.70 bits per heavy atom. The second kappa shape index (κ2) is 9.78. The SMILES string of the molecule is CC#CCn1c(N2CCN(OC(=O)C(F)(F)F)CC2)nc2c1c(=O)n(C)c(=O)n2-c1cc(C)cc(C)c1. The number of rotatable bonds is 4. The molecule has 3 heterocycles. The van der Waals surface area contributed by atoms with E-state index in [1.807, 2.05) is 32.0 Å². The van der Waals surface area contributed by atoms with E-state index in [0.29, 0.717) is 11.6 Å². The molecule has 10 nitrogen and oxygen atoms in total. The van der Waals surface area contributed by atoms with Gasteiger partial charge in [-0.05, 0) is 44.0 Å². The first-order valence-corrected chi connectivity index (χ1v) is 11.4. The van der Waals surface area contributed by atoms with Gasteiger partial charge in [-0.2, -0.15) is 18.2 Å². The van der Waals surface area contributed by atoms with Gasteiger partial charge in [0.1, 0.15) is 0 Å². The molecule has 37 heavy (non-hydrogen) atoms. The lowest BCUT2D eigenvalue weighted by Crippen LogP contribution is -2.49. The fourth-order valence-electron chi connectivity index (χ4n) is 4.29. The number of anilines is 1. The predicted molar refractivity (Wildman–Crippen MR) is 129 cm³/mol. The summed E-state index contributed by atoms with van der Waals surface area (Å²) in [5.74, 6) is 3.75. The number of carbonyl (C=O) groups is 1. The molecule has 0 unspecified atom stereocenters. The molecule has 4 rings (SSSR count). The largest absolute Gasteiger partial charge is 0.492 e. The third-order valence-corrected chi connectivity index (χ3v) is 5.97. The number of hydroxylamine groups is 2. The molecule has 1 aromatic carbocycles. The number of benzene rings is 1. The van der Waals surface area contributed by atoms with Crippen molar-refractivity contribution < 1.29 is 22.8 Å². The third kappa shape index (κ3) is 4.97. The first kappa shape index (κ1) is 26.0. The molecule has 13 heteroatoms. The normalized spacial score (nSPS) is 14.5. The highest BCUT2D eigenvalue weighted by Gasteiger charge is 2.43. The molecule has 3 aromatic rings. The zero-order valence-electron chi connectivity index (χ0n) is 20.7. The smallest absolute Gasteiger partial charge is 0.361 e. The van der Waals surface area contributed by atoms with Crippen LogP contribution in [0.15, 0.2) is 27.8 Å². The fourth-order valence-corrected chi connectivity index (χ4v) is 4.29. The lowest BCUT2D eigenvalue weighted by Gasteiger charge is -2.34. The zero-order chi connectivity index (χ0) is 27.1. The van der Waals surface area contributed by atoms with Gasteiger partial charge in [0, 0.05) is 20.1 Å². The highest BCUT2D eigenvalue weighted by Crippen LogP contribution is 2.24. The predicted octanol–water partition coefficient (Wildman–Crippen LogP) is 1.67. The molecule has 0 radical (unpaired) electrons. The minimum absolute atomic E-state index is 0.0215. The number of imidazole rings is 1. The van der Waals surface area contributed by atoms with Crippen molar-refractivity contribution in [1.29, 1.82) is 0 Å². The zero-order valence-corrected chi connectivity index (χ0v) is 20.7. The highest BCUT2D eigenvalue weighted by molar-refractivity contribution is 5.77. The second-order valence-electron chi connectivity index (χ2n) is 8.72. The van der Waals surface area contributed by atoms with Gasteiger partial charge >= 0.3 is 17.8 Å². The number of hydrogen-bond donors (Lipinski definition) is 0. The van der Waals surface area contributed by atoms with Crippen molar-refractivity contribution in [3.8, 4) is 17.5 Å². The van der Waals surface area contributed by atoms with E-state index in [-0.39, 0.29) is 43.9 Å². The number of halogens is 3. The maximum atomic E-state index is 13.3. The Labute approximate surface area is 209 Å². The van der Waals surface area contributed by atoms with Gasteiger partial charge < -0.3 is 9.74 Å². The van der Waals surface area contributed by atoms with E-state index >= 15 is 0 Å². The number of fused-ring (bicyclic) bond motifs is 1. The van der Waals surface area contributed by atoms with Gasteiger partial charge in [0.25, 0.3) is 5.56 Å². The molecule has 1 saturated heterocycles. The van der Waals surface area contributed by atoms with Crippen LogP contribution in [0.5, 0.6) is 0 Å². The van der Waals surface area contributed by atoms with Crippen LogP contribution in [0.4, 0.5) is 19.1 Å². The van der Waals surface area contributed by atoms with Gasteiger partial charge in [-0.15, -0.1) is 11.0 Å². The molecule has 0 amide bonds. The minimum atomic E-state index is -5.10. The Bertz CT molecular complexity index is 1530. The minimum Gasteiger partial charge on any atom is -0.361 e. The molecular formula is C24H25F3N6O4. The van der Waals surface area contributed by atoms with Crippen LogP contribution in [0.1, 0.15) is 18.1 Å². The van der Waals surface area contributed by atoms with Crippen LogP contribution in [-0.2, 0) is 23.2 Å². The van der Waals surface area contributed by atoms with E-state index in [2.05, 4.69) is 21.7 Å². The van der Waals surface area contributed by atoms with Crippen LogP contribution in [0, 0.1) is 25.7 Å². The molecule has 0 saturated carbocycles. The van der Waals surface area contributed by atoms with Gasteiger partial charge in [-0.1, -0.05) is 12.0 Å². The van der Waals surface area contributed by atoms with Crippen LogP contribution in [0.2, 0.25) is 0 Å². The van der Waals surface area contributed by atoms with Crippen molar-refractivity contribution in [3.63, 3.8) is 0 Å². The summed E-state index contributed by atoms with van der Waals surface area (Å²) in [6.07, 6.45) is -5.10. The number of aryl methyl sites for hydroxylation is 2. The second-order valence-corrected chi connectivity index (χ2v) is 8.72. The Morgan fingerprint density at radius 1 is 1.08 bits per heavy atom. The van der Waals surface area contributed by atoms with E-state index in [1.54, 1.807) is 16.4 Å². The maximum Gasteiger partial charge on any atom is 0.492 e. The van der Waals surface area contributed by atoms with Crippen molar-refractivity contribution in [2.75, 3.05) is 31.1 Å². The molecule has 0 bridgehead atoms. The van der Waals surface area contributed by atoms with Crippen molar-refractivity contribution in [3.05, 3.63) is 50.2 Å². The molecule has 0 N–H and O–H groups in total. The van der Waals surface area contributed by atoms with Crippen LogP contribution in [-0.4, -0.2) is 62.1 Å². The molecule has 196 valence electrons. The van der Waals surface area contributed by atoms with Crippen LogP contribution < -0.4 is 16.1 Å². The van der Waals surface area contributed by atoms with Crippen LogP contribution in [0.3, 0.4) is 0 Å². The molecule has 0 spiro atoms. The Morgan fingerprint density at radius 3 is 2.27 bits per heavy atom. The van der Waals surface area contributed by atoms with Gasteiger partial charge in [0.05, 0.1) is 25.3 Å². The third-order valence-electron chi connectivity index (χ3n) is 5.97. The number of aromatic nitrogens is 4. The number of piperazine rings is 1. The topological polar surface area (TPSA) is 94.6 Å². The summed E-state index contributed by atoms with van der Waals surface area (Å²) < 4.78 is 41.7. The Hall–Kier alpha value is -4.05. The first-order valence-electron chi connectivity index (χ1n) is 11.4. The summed E-state index contributed by atoms with van der Waals surface area (Å²) in [6, 6.07) is 5.59. The van der Waals surface area contributed by atoms with Gasteiger partial charge in [-0.3, -0.25) is 13.9 Å². The summed E-state index contributed by atoms with van der Waals surface area (Å²) in [5, 5.41) is 0.940. The Kier molecular flexibility index (Phi) is 6.88. The maximum absolute atomic E-state index is 13.3. The summed E-state index contributed by atoms with van der Waals surface area (Å²) in [7, 11) is 1.39. The number of carbonyl (C=O) groups excluding carboxylic acids is 1. The van der Waals surface area contributed by atoms with Crippen LogP contribution >= 0.6 is 0 Å². The van der Waals surface area contributed by atoms with Crippen molar-refractivity contribution in [2.45, 2.75) is 33.5 Å². The summed E-state index contributed by atoms with van der Waals surface area (Å²) in [4.78, 5) is 48.6. The lowest BCUT2D eigenvalue weighted by molar-refractivity contribution is -0.239. The summed E-state index contributed by atoms with van der Waals surface area (Å²) >= 11 is 0. The van der Waals surface area contributed by atoms with E-state index < -0.39 is 23.4 Å². The first-order chi connectivity index (χ1) is 17.4. The van der Waals surface area contributed by atoms with Crippen LogP contribution in [0.25, 0.3) is 16.9 Å². The van der Waals surface area contributed by atoms with Gasteiger partial charge in [0.2, 0.25) is 5.95 Å². The molecule has 2 aromatic heterocycles. The molecule has 0 aliphatic carbocycles. The van der Waals surface area contributed by atoms with E-state index in [0.717, 1.165) is 20.8 Å².